The second kappa shape index (κ2) is 4.21. The number of rotatable bonds is 2. The minimum Gasteiger partial charge on any atom is -0.324 e. The third kappa shape index (κ3) is 2.09. The number of anilines is 1. The van der Waals surface area contributed by atoms with E-state index in [-0.39, 0.29) is 12.0 Å². The summed E-state index contributed by atoms with van der Waals surface area (Å²) in [5.74, 6) is 2.58. The molecule has 19 heavy (non-hydrogen) atoms. The van der Waals surface area contributed by atoms with Gasteiger partial charge in [0.25, 0.3) is 0 Å². The van der Waals surface area contributed by atoms with Gasteiger partial charge in [0.2, 0.25) is 0 Å². The number of carbonyl (C=O) groups excluding carboxylic acids is 1. The molecule has 1 aliphatic heterocycles. The van der Waals surface area contributed by atoms with Gasteiger partial charge in [0.15, 0.2) is 5.82 Å². The van der Waals surface area contributed by atoms with Crippen LogP contribution in [0.25, 0.3) is 0 Å². The lowest BCUT2D eigenvalue weighted by Crippen LogP contribution is -2.33. The zero-order chi connectivity index (χ0) is 12.8. The highest BCUT2D eigenvalue weighted by Crippen LogP contribution is 2.39. The number of nitrogens with zero attached hydrogens (tertiary/aromatic N) is 3. The van der Waals surface area contributed by atoms with Gasteiger partial charge in [0, 0.05) is 19.0 Å². The molecule has 0 radical (unpaired) electrons. The van der Waals surface area contributed by atoms with Gasteiger partial charge >= 0.3 is 12.0 Å². The Balaban J connectivity index is 1.38. The first-order valence-electron chi connectivity index (χ1n) is 7.19. The van der Waals surface area contributed by atoms with E-state index in [1.165, 1.54) is 19.3 Å². The van der Waals surface area contributed by atoms with Crippen LogP contribution in [0.4, 0.5) is 10.8 Å². The zero-order valence-corrected chi connectivity index (χ0v) is 10.8. The van der Waals surface area contributed by atoms with Crippen LogP contribution in [0.5, 0.6) is 0 Å². The van der Waals surface area contributed by atoms with Gasteiger partial charge in [0.05, 0.1) is 0 Å². The molecule has 102 valence electrons. The Bertz CT molecular complexity index is 485. The smallest absolute Gasteiger partial charge is 0.324 e. The van der Waals surface area contributed by atoms with E-state index in [0.717, 1.165) is 31.8 Å². The molecule has 2 aliphatic carbocycles. The lowest BCUT2D eigenvalue weighted by molar-refractivity contribution is 0.217. The fourth-order valence-electron chi connectivity index (χ4n) is 3.36. The molecule has 0 aromatic carbocycles. The number of amides is 2. The summed E-state index contributed by atoms with van der Waals surface area (Å²) in [7, 11) is 0. The van der Waals surface area contributed by atoms with E-state index in [4.69, 9.17) is 4.52 Å². The topological polar surface area (TPSA) is 71.3 Å². The van der Waals surface area contributed by atoms with E-state index in [0.29, 0.717) is 17.8 Å². The van der Waals surface area contributed by atoms with Gasteiger partial charge in [0.1, 0.15) is 0 Å². The van der Waals surface area contributed by atoms with Crippen LogP contribution in [-0.2, 0) is 0 Å². The van der Waals surface area contributed by atoms with Crippen LogP contribution in [-0.4, -0.2) is 34.2 Å². The second-order valence-corrected chi connectivity index (χ2v) is 6.02. The van der Waals surface area contributed by atoms with Crippen LogP contribution in [0.1, 0.15) is 43.8 Å². The lowest BCUT2D eigenvalue weighted by Gasteiger charge is -2.16. The standard InChI is InChI=1S/C13H18N4O2/c18-13(17-6-9-2-1-3-10(9)7-17)15-12-14-11(16-19-12)8-4-5-8/h8-10H,1-7H2,(H,14,15,16,18)/t9-,10?/m1/s1. The molecule has 4 rings (SSSR count). The van der Waals surface area contributed by atoms with Gasteiger partial charge in [-0.3, -0.25) is 5.32 Å². The van der Waals surface area contributed by atoms with Crippen molar-refractivity contribution in [3.63, 3.8) is 0 Å². The quantitative estimate of drug-likeness (QED) is 0.887. The molecule has 2 amide bonds. The maximum absolute atomic E-state index is 12.1. The fraction of sp³-hybridized carbons (Fsp3) is 0.769. The number of carbonyl (C=O) groups is 1. The monoisotopic (exact) mass is 262 g/mol. The van der Waals surface area contributed by atoms with Crippen LogP contribution >= 0.6 is 0 Å². The first kappa shape index (κ1) is 11.3. The third-order valence-electron chi connectivity index (χ3n) is 4.61. The molecule has 2 atom stereocenters. The summed E-state index contributed by atoms with van der Waals surface area (Å²) < 4.78 is 5.07. The van der Waals surface area contributed by atoms with Crippen LogP contribution in [0, 0.1) is 11.8 Å². The molecule has 2 saturated carbocycles. The summed E-state index contributed by atoms with van der Waals surface area (Å²) in [6.07, 6.45) is 6.10. The van der Waals surface area contributed by atoms with Gasteiger partial charge < -0.3 is 9.42 Å². The number of hydrogen-bond acceptors (Lipinski definition) is 4. The summed E-state index contributed by atoms with van der Waals surface area (Å²) in [6.45, 7) is 1.75. The van der Waals surface area contributed by atoms with Crippen LogP contribution < -0.4 is 5.32 Å². The average Bonchev–Trinajstić information content (AvgIpc) is 2.83. The summed E-state index contributed by atoms with van der Waals surface area (Å²) in [5, 5.41) is 6.62. The van der Waals surface area contributed by atoms with Crippen molar-refractivity contribution in [1.29, 1.82) is 0 Å². The predicted octanol–water partition coefficient (Wildman–Crippen LogP) is 2.21. The molecule has 1 aromatic heterocycles. The Morgan fingerprint density at radius 2 is 1.95 bits per heavy atom. The highest BCUT2D eigenvalue weighted by atomic mass is 16.5. The number of hydrogen-bond donors (Lipinski definition) is 1. The van der Waals surface area contributed by atoms with E-state index in [9.17, 15) is 4.79 Å². The molecule has 3 aliphatic rings. The Labute approximate surface area is 111 Å². The van der Waals surface area contributed by atoms with Crippen LogP contribution in [0.2, 0.25) is 0 Å². The molecule has 1 unspecified atom stereocenters. The highest BCUT2D eigenvalue weighted by molar-refractivity contribution is 5.87. The maximum Gasteiger partial charge on any atom is 0.329 e. The molecule has 0 spiro atoms. The Kier molecular flexibility index (Phi) is 2.50. The van der Waals surface area contributed by atoms with E-state index in [1.807, 2.05) is 4.90 Å². The van der Waals surface area contributed by atoms with Crippen LogP contribution in [0.15, 0.2) is 4.52 Å². The van der Waals surface area contributed by atoms with Crippen molar-refractivity contribution in [2.24, 2.45) is 11.8 Å². The number of urea groups is 1. The largest absolute Gasteiger partial charge is 0.329 e. The zero-order valence-electron chi connectivity index (χ0n) is 10.8. The molecule has 2 heterocycles. The number of nitrogens with one attached hydrogen (secondary N) is 1. The van der Waals surface area contributed by atoms with Gasteiger partial charge in [-0.15, -0.1) is 0 Å². The molecule has 6 nitrogen and oxygen atoms in total. The minimum absolute atomic E-state index is 0.0969. The fourth-order valence-corrected chi connectivity index (χ4v) is 3.36. The predicted molar refractivity (Wildman–Crippen MR) is 67.7 cm³/mol. The normalized spacial score (nSPS) is 29.6. The molecular formula is C13H18N4O2. The van der Waals surface area contributed by atoms with E-state index in [2.05, 4.69) is 15.5 Å². The van der Waals surface area contributed by atoms with E-state index < -0.39 is 0 Å². The summed E-state index contributed by atoms with van der Waals surface area (Å²) in [6, 6.07) is 0.143. The van der Waals surface area contributed by atoms with Crippen LogP contribution in [0.3, 0.4) is 0 Å². The first-order chi connectivity index (χ1) is 9.29. The Morgan fingerprint density at radius 1 is 1.21 bits per heavy atom. The van der Waals surface area contributed by atoms with Crippen molar-refractivity contribution in [3.8, 4) is 0 Å². The molecular weight excluding hydrogens is 244 g/mol. The van der Waals surface area contributed by atoms with Crippen molar-refractivity contribution in [2.45, 2.75) is 38.0 Å². The van der Waals surface area contributed by atoms with Crippen molar-refractivity contribution < 1.29 is 9.32 Å². The third-order valence-corrected chi connectivity index (χ3v) is 4.61. The number of fused-ring (bicyclic) bond motifs is 1. The van der Waals surface area contributed by atoms with Crippen molar-refractivity contribution >= 4 is 12.0 Å². The van der Waals surface area contributed by atoms with Gasteiger partial charge in [-0.1, -0.05) is 11.6 Å². The van der Waals surface area contributed by atoms with Gasteiger partial charge in [-0.05, 0) is 37.5 Å². The van der Waals surface area contributed by atoms with E-state index in [1.54, 1.807) is 0 Å². The Morgan fingerprint density at radius 3 is 2.63 bits per heavy atom. The van der Waals surface area contributed by atoms with Gasteiger partial charge in [-0.2, -0.15) is 4.98 Å². The minimum atomic E-state index is -0.0969. The first-order valence-corrected chi connectivity index (χ1v) is 7.19. The average molecular weight is 262 g/mol. The van der Waals surface area contributed by atoms with Crippen molar-refractivity contribution in [3.05, 3.63) is 5.82 Å². The molecule has 1 N–H and O–H groups in total. The molecule has 6 heteroatoms. The molecule has 3 fully saturated rings. The van der Waals surface area contributed by atoms with Crippen molar-refractivity contribution in [1.82, 2.24) is 15.0 Å². The summed E-state index contributed by atoms with van der Waals surface area (Å²) in [4.78, 5) is 18.2. The number of likely N-dealkylation sites (tertiary alicyclic amines) is 1. The summed E-state index contributed by atoms with van der Waals surface area (Å²) in [5.41, 5.74) is 0. The SMILES string of the molecule is O=C(Nc1nc(C2CC2)no1)N1CC2CCC[C@@H]2C1. The lowest BCUT2D eigenvalue weighted by atomic mass is 10.0. The number of aromatic nitrogens is 2. The highest BCUT2D eigenvalue weighted by Gasteiger charge is 2.38. The maximum atomic E-state index is 12.1. The van der Waals surface area contributed by atoms with Crippen molar-refractivity contribution in [2.75, 3.05) is 18.4 Å². The Hall–Kier alpha value is -1.59. The van der Waals surface area contributed by atoms with Gasteiger partial charge in [-0.25, -0.2) is 4.79 Å². The summed E-state index contributed by atoms with van der Waals surface area (Å²) >= 11 is 0. The molecule has 1 saturated heterocycles. The second-order valence-electron chi connectivity index (χ2n) is 6.02. The van der Waals surface area contributed by atoms with E-state index >= 15 is 0 Å². The molecule has 1 aromatic rings. The molecule has 0 bridgehead atoms.